The second-order valence-corrected chi connectivity index (χ2v) is 16.3. The highest BCUT2D eigenvalue weighted by Gasteiger charge is 2.51. The van der Waals surface area contributed by atoms with Gasteiger partial charge < -0.3 is 14.5 Å². The summed E-state index contributed by atoms with van der Waals surface area (Å²) in [4.78, 5) is 4.71. The lowest BCUT2D eigenvalue weighted by atomic mass is 9.66. The summed E-state index contributed by atoms with van der Waals surface area (Å²) in [6.45, 7) is 0. The smallest absolute Gasteiger partial charge is 0.134 e. The summed E-state index contributed by atoms with van der Waals surface area (Å²) in [5, 5.41) is 2.56. The number of benzene rings is 9. The third-order valence-corrected chi connectivity index (χ3v) is 13.2. The van der Waals surface area contributed by atoms with Gasteiger partial charge >= 0.3 is 0 Å². The fraction of sp³-hybridized carbons (Fsp3) is 0.0182. The van der Waals surface area contributed by atoms with Crippen molar-refractivity contribution in [3.8, 4) is 22.6 Å². The van der Waals surface area contributed by atoms with Crippen molar-refractivity contribution in [3.63, 3.8) is 0 Å². The average Bonchev–Trinajstić information content (AvgIpc) is 3.81. The monoisotopic (exact) mass is 772 g/mol. The number of fused-ring (bicyclic) bond motifs is 12. The van der Waals surface area contributed by atoms with E-state index in [1.807, 2.05) is 11.3 Å². The van der Waals surface area contributed by atoms with Crippen LogP contribution in [0.3, 0.4) is 0 Å². The summed E-state index contributed by atoms with van der Waals surface area (Å²) in [7, 11) is 0. The molecule has 0 N–H and O–H groups in total. The Morgan fingerprint density at radius 3 is 1.53 bits per heavy atom. The molecule has 0 radical (unpaired) electrons. The van der Waals surface area contributed by atoms with Gasteiger partial charge in [0, 0.05) is 71.5 Å². The lowest BCUT2D eigenvalue weighted by molar-refractivity contribution is 0.436. The molecule has 10 aromatic rings. The highest BCUT2D eigenvalue weighted by Crippen LogP contribution is 2.62. The molecule has 278 valence electrons. The SMILES string of the molecule is c1ccc(N(c2ccccc2)c2cccc(N(c3ccc4c(c3)Oc3ccccc3C43c4ccccc4-c4ccccc43)c3ccc4c(c3)sc3ccccc34)c2)cc1. The second-order valence-electron chi connectivity index (χ2n) is 15.3. The van der Waals surface area contributed by atoms with Crippen LogP contribution in [-0.2, 0) is 5.41 Å². The Bertz CT molecular complexity index is 3140. The number of nitrogens with zero attached hydrogens (tertiary/aromatic N) is 2. The van der Waals surface area contributed by atoms with Crippen molar-refractivity contribution in [2.75, 3.05) is 9.80 Å². The van der Waals surface area contributed by atoms with Crippen LogP contribution < -0.4 is 14.5 Å². The molecule has 1 spiro atoms. The number of ether oxygens (including phenoxy) is 1. The fourth-order valence-electron chi connectivity index (χ4n) is 9.66. The number of thiophene rings is 1. The summed E-state index contributed by atoms with van der Waals surface area (Å²) in [6, 6.07) is 78.9. The second kappa shape index (κ2) is 13.3. The van der Waals surface area contributed by atoms with Gasteiger partial charge in [0.2, 0.25) is 0 Å². The third kappa shape index (κ3) is 5.13. The van der Waals surface area contributed by atoms with E-state index in [-0.39, 0.29) is 0 Å². The summed E-state index contributed by atoms with van der Waals surface area (Å²) in [6.07, 6.45) is 0. The van der Waals surface area contributed by atoms with Gasteiger partial charge in [-0.05, 0) is 95.1 Å². The first kappa shape index (κ1) is 33.7. The fourth-order valence-corrected chi connectivity index (χ4v) is 10.8. The van der Waals surface area contributed by atoms with Crippen LogP contribution in [0.4, 0.5) is 34.1 Å². The van der Waals surface area contributed by atoms with Crippen molar-refractivity contribution >= 4 is 65.6 Å². The van der Waals surface area contributed by atoms with Crippen LogP contribution in [0.1, 0.15) is 22.3 Å². The number of anilines is 6. The van der Waals surface area contributed by atoms with Crippen molar-refractivity contribution in [2.45, 2.75) is 5.41 Å². The highest BCUT2D eigenvalue weighted by molar-refractivity contribution is 7.25. The van der Waals surface area contributed by atoms with Crippen molar-refractivity contribution in [1.29, 1.82) is 0 Å². The molecule has 1 aliphatic heterocycles. The van der Waals surface area contributed by atoms with Crippen molar-refractivity contribution in [1.82, 2.24) is 0 Å². The Hall–Kier alpha value is -7.40. The van der Waals surface area contributed by atoms with E-state index in [0.29, 0.717) is 0 Å². The zero-order chi connectivity index (χ0) is 38.9. The van der Waals surface area contributed by atoms with E-state index >= 15 is 0 Å². The maximum Gasteiger partial charge on any atom is 0.134 e. The van der Waals surface area contributed by atoms with Gasteiger partial charge in [0.05, 0.1) is 5.41 Å². The van der Waals surface area contributed by atoms with Gasteiger partial charge in [-0.3, -0.25) is 0 Å². The van der Waals surface area contributed by atoms with E-state index in [1.54, 1.807) is 0 Å². The molecular formula is C55H36N2OS. The molecule has 0 bridgehead atoms. The standard InChI is InChI=1S/C55H36N2OS/c1-3-16-37(17-4-1)56(38-18-5-2-6-19-38)39-20-15-21-40(34-39)57(42-30-32-46-45-24-9-14-29-53(45)59-54(46)36-42)41-31-33-50-52(35-41)58-51-28-13-12-27-49(51)55(50)47-25-10-7-22-43(47)44-23-8-11-26-48(44)55/h1-36H. The van der Waals surface area contributed by atoms with E-state index in [1.165, 1.54) is 48.0 Å². The normalized spacial score (nSPS) is 13.0. The maximum atomic E-state index is 7.01. The zero-order valence-electron chi connectivity index (χ0n) is 32.0. The van der Waals surface area contributed by atoms with Gasteiger partial charge in [-0.1, -0.05) is 140 Å². The summed E-state index contributed by atoms with van der Waals surface area (Å²) < 4.78 is 9.55. The number of para-hydroxylation sites is 3. The van der Waals surface area contributed by atoms with E-state index in [9.17, 15) is 0 Å². The van der Waals surface area contributed by atoms with E-state index < -0.39 is 5.41 Å². The van der Waals surface area contributed by atoms with Gasteiger partial charge in [-0.15, -0.1) is 11.3 Å². The van der Waals surface area contributed by atoms with E-state index in [2.05, 4.69) is 228 Å². The molecule has 59 heavy (non-hydrogen) atoms. The summed E-state index contributed by atoms with van der Waals surface area (Å²) in [5.74, 6) is 1.73. The van der Waals surface area contributed by atoms with Gasteiger partial charge in [-0.2, -0.15) is 0 Å². The van der Waals surface area contributed by atoms with Crippen LogP contribution in [0.15, 0.2) is 218 Å². The van der Waals surface area contributed by atoms with Crippen LogP contribution in [0.25, 0.3) is 31.3 Å². The Morgan fingerprint density at radius 1 is 0.322 bits per heavy atom. The number of rotatable bonds is 6. The Balaban J connectivity index is 1.08. The topological polar surface area (TPSA) is 15.7 Å². The van der Waals surface area contributed by atoms with E-state index in [4.69, 9.17) is 4.74 Å². The molecule has 0 amide bonds. The number of hydrogen-bond donors (Lipinski definition) is 0. The molecule has 0 fully saturated rings. The minimum absolute atomic E-state index is 0.525. The van der Waals surface area contributed by atoms with Gasteiger partial charge in [-0.25, -0.2) is 0 Å². The van der Waals surface area contributed by atoms with Crippen molar-refractivity contribution in [3.05, 3.63) is 241 Å². The highest BCUT2D eigenvalue weighted by atomic mass is 32.1. The summed E-state index contributed by atoms with van der Waals surface area (Å²) in [5.41, 5.74) is 13.3. The predicted molar refractivity (Wildman–Crippen MR) is 246 cm³/mol. The Labute approximate surface area is 347 Å². The molecule has 2 heterocycles. The first-order chi connectivity index (χ1) is 29.3. The van der Waals surface area contributed by atoms with Gasteiger partial charge in [0.15, 0.2) is 0 Å². The molecule has 1 aromatic heterocycles. The van der Waals surface area contributed by atoms with E-state index in [0.717, 1.165) is 51.2 Å². The molecule has 1 aliphatic carbocycles. The third-order valence-electron chi connectivity index (χ3n) is 12.1. The first-order valence-electron chi connectivity index (χ1n) is 20.1. The average molecular weight is 773 g/mol. The van der Waals surface area contributed by atoms with Crippen LogP contribution in [-0.4, -0.2) is 0 Å². The lowest BCUT2D eigenvalue weighted by Gasteiger charge is -2.40. The number of hydrogen-bond acceptors (Lipinski definition) is 4. The van der Waals surface area contributed by atoms with Crippen molar-refractivity contribution in [2.24, 2.45) is 0 Å². The quantitative estimate of drug-likeness (QED) is 0.167. The molecular weight excluding hydrogens is 737 g/mol. The van der Waals surface area contributed by atoms with Crippen LogP contribution in [0.5, 0.6) is 11.5 Å². The predicted octanol–water partition coefficient (Wildman–Crippen LogP) is 15.5. The Morgan fingerprint density at radius 2 is 0.814 bits per heavy atom. The molecule has 3 nitrogen and oxygen atoms in total. The molecule has 4 heteroatoms. The summed E-state index contributed by atoms with van der Waals surface area (Å²) >= 11 is 1.84. The molecule has 12 rings (SSSR count). The molecule has 2 aliphatic rings. The van der Waals surface area contributed by atoms with Crippen LogP contribution in [0, 0.1) is 0 Å². The Kier molecular flexibility index (Phi) is 7.62. The zero-order valence-corrected chi connectivity index (χ0v) is 32.8. The molecule has 0 unspecified atom stereocenters. The lowest BCUT2D eigenvalue weighted by Crippen LogP contribution is -2.32. The van der Waals surface area contributed by atoms with Crippen LogP contribution in [0.2, 0.25) is 0 Å². The molecule has 9 aromatic carbocycles. The van der Waals surface area contributed by atoms with Gasteiger partial charge in [0.25, 0.3) is 0 Å². The molecule has 0 saturated heterocycles. The minimum Gasteiger partial charge on any atom is -0.457 e. The largest absolute Gasteiger partial charge is 0.457 e. The molecule has 0 atom stereocenters. The first-order valence-corrected chi connectivity index (χ1v) is 20.9. The van der Waals surface area contributed by atoms with Crippen molar-refractivity contribution < 1.29 is 4.74 Å². The molecule has 0 saturated carbocycles. The minimum atomic E-state index is -0.525. The maximum absolute atomic E-state index is 7.01. The van der Waals surface area contributed by atoms with Crippen LogP contribution >= 0.6 is 11.3 Å². The van der Waals surface area contributed by atoms with Gasteiger partial charge in [0.1, 0.15) is 11.5 Å².